The van der Waals surface area contributed by atoms with Gasteiger partial charge in [-0.3, -0.25) is 9.59 Å². The van der Waals surface area contributed by atoms with Crippen molar-refractivity contribution >= 4 is 46.2 Å². The monoisotopic (exact) mass is 679 g/mol. The van der Waals surface area contributed by atoms with E-state index in [-0.39, 0.29) is 16.5 Å². The Bertz CT molecular complexity index is 1550. The van der Waals surface area contributed by atoms with E-state index in [4.69, 9.17) is 23.2 Å². The van der Waals surface area contributed by atoms with Crippen molar-refractivity contribution in [3.63, 3.8) is 0 Å². The summed E-state index contributed by atoms with van der Waals surface area (Å²) in [5.41, 5.74) is 1.62. The highest BCUT2D eigenvalue weighted by atomic mass is 35.5. The van der Waals surface area contributed by atoms with Crippen molar-refractivity contribution in [2.45, 2.75) is 41.5 Å². The van der Waals surface area contributed by atoms with E-state index in [0.717, 1.165) is 18.2 Å². The summed E-state index contributed by atoms with van der Waals surface area (Å²) in [5.74, 6) is -1.91. The minimum Gasteiger partial charge on any atom is -0.615 e. The van der Waals surface area contributed by atoms with Crippen LogP contribution in [0.15, 0.2) is 72.8 Å². The van der Waals surface area contributed by atoms with Gasteiger partial charge in [0.1, 0.15) is 5.75 Å². The third-order valence-electron chi connectivity index (χ3n) is 9.25. The molecule has 12 heteroatoms. The number of amides is 2. The first-order chi connectivity index (χ1) is 21.3. The lowest BCUT2D eigenvalue weighted by atomic mass is 9.82. The van der Waals surface area contributed by atoms with E-state index in [1.807, 2.05) is 18.2 Å². The minimum atomic E-state index is -5.10. The van der Waals surface area contributed by atoms with Crippen molar-refractivity contribution in [3.05, 3.63) is 105 Å². The van der Waals surface area contributed by atoms with Gasteiger partial charge >= 0.3 is 12.1 Å². The molecule has 1 saturated heterocycles. The molecule has 0 N–H and O–H groups in total. The van der Waals surface area contributed by atoms with Gasteiger partial charge < -0.3 is 19.3 Å². The Kier molecular flexibility index (Phi) is 9.82. The first kappa shape index (κ1) is 33.6. The Morgan fingerprint density at radius 1 is 0.956 bits per heavy atom. The lowest BCUT2D eigenvalue weighted by Crippen LogP contribution is -2.57. The largest absolute Gasteiger partial charge is 0.615 e. The number of nitrogens with zero attached hydrogens (tertiary/aromatic N) is 3. The molecule has 0 aromatic heterocycles. The van der Waals surface area contributed by atoms with Gasteiger partial charge in [-0.15, -0.1) is 0 Å². The zero-order valence-corrected chi connectivity index (χ0v) is 27.3. The van der Waals surface area contributed by atoms with Crippen molar-refractivity contribution in [2.75, 3.05) is 40.3 Å². The minimum absolute atomic E-state index is 0.172. The molecule has 2 aliphatic rings. The summed E-state index contributed by atoms with van der Waals surface area (Å²) in [6, 6.07) is 21.2. The molecule has 2 aliphatic heterocycles. The molecule has 2 heterocycles. The average molecular weight is 681 g/mol. The van der Waals surface area contributed by atoms with Gasteiger partial charge in [0, 0.05) is 69.8 Å². The van der Waals surface area contributed by atoms with Crippen molar-refractivity contribution in [3.8, 4) is 0 Å². The van der Waals surface area contributed by atoms with Crippen LogP contribution in [0.4, 0.5) is 13.2 Å². The van der Waals surface area contributed by atoms with Crippen molar-refractivity contribution in [1.29, 1.82) is 0 Å². The third-order valence-corrected chi connectivity index (χ3v) is 12.1. The molecule has 1 fully saturated rings. The van der Waals surface area contributed by atoms with Crippen LogP contribution in [0.5, 0.6) is 0 Å². The van der Waals surface area contributed by atoms with E-state index in [1.165, 1.54) is 18.0 Å². The van der Waals surface area contributed by atoms with Crippen LogP contribution in [-0.4, -0.2) is 77.5 Å². The number of piperidine rings is 1. The summed E-state index contributed by atoms with van der Waals surface area (Å²) in [7, 11) is 2.62. The highest BCUT2D eigenvalue weighted by Gasteiger charge is 2.52. The van der Waals surface area contributed by atoms with E-state index in [1.54, 1.807) is 42.5 Å². The van der Waals surface area contributed by atoms with E-state index >= 15 is 0 Å². The molecule has 3 aromatic rings. The van der Waals surface area contributed by atoms with Gasteiger partial charge in [0.15, 0.2) is 4.75 Å². The lowest BCUT2D eigenvalue weighted by molar-refractivity contribution is -0.185. The average Bonchev–Trinajstić information content (AvgIpc) is 3.30. The normalized spacial score (nSPS) is 19.2. The van der Waals surface area contributed by atoms with E-state index < -0.39 is 46.0 Å². The van der Waals surface area contributed by atoms with Crippen LogP contribution in [0.3, 0.4) is 0 Å². The van der Waals surface area contributed by atoms with E-state index in [0.29, 0.717) is 54.3 Å². The molecule has 0 radical (unpaired) electrons. The summed E-state index contributed by atoms with van der Waals surface area (Å²) < 4.78 is 53.8. The summed E-state index contributed by atoms with van der Waals surface area (Å²) in [4.78, 5) is 30.6. The number of fused-ring (bicyclic) bond motifs is 2. The fourth-order valence-electron chi connectivity index (χ4n) is 6.69. The molecule has 0 aliphatic carbocycles. The number of likely N-dealkylation sites (N-methyl/N-ethyl adjacent to an activating group) is 2. The molecule has 2 atom stereocenters. The van der Waals surface area contributed by atoms with E-state index in [9.17, 15) is 27.3 Å². The number of rotatable bonds is 8. The fraction of sp³-hybridized carbons (Fsp3) is 0.394. The van der Waals surface area contributed by atoms with Gasteiger partial charge in [-0.05, 0) is 47.4 Å². The summed E-state index contributed by atoms with van der Waals surface area (Å²) >= 11 is 11.6. The van der Waals surface area contributed by atoms with E-state index in [2.05, 4.69) is 11.0 Å². The van der Waals surface area contributed by atoms with Gasteiger partial charge in [-0.1, -0.05) is 71.7 Å². The predicted octanol–water partition coefficient (Wildman–Crippen LogP) is 6.63. The standard InChI is InChI=1S/C33H34Cl2F3N3O3S/c1-39(30(43)33(36,37)38)22-31(25-12-13-27(34)28(35)20-25,40(2)29(42)23-8-4-3-5-9-23)14-17-41-18-15-32(16-19-41)26-11-7-6-10-24(26)21-45(32)44/h3-13,20H,14-19,21-22H2,1-2H3/t31-,45?/m1/s1. The summed E-state index contributed by atoms with van der Waals surface area (Å²) in [6.07, 6.45) is -3.58. The Hall–Kier alpha value is -2.76. The molecule has 1 spiro atoms. The van der Waals surface area contributed by atoms with Crippen LogP contribution in [0, 0.1) is 0 Å². The quantitative estimate of drug-likeness (QED) is 0.251. The number of carbonyl (C=O) groups excluding carboxylic acids is 2. The second-order valence-corrected chi connectivity index (χ2v) is 14.4. The second kappa shape index (κ2) is 13.2. The van der Waals surface area contributed by atoms with Gasteiger partial charge in [0.25, 0.3) is 5.91 Å². The highest BCUT2D eigenvalue weighted by molar-refractivity contribution is 7.92. The Morgan fingerprint density at radius 2 is 1.60 bits per heavy atom. The van der Waals surface area contributed by atoms with Gasteiger partial charge in [-0.25, -0.2) is 0 Å². The number of likely N-dealkylation sites (tertiary alicyclic amines) is 1. The van der Waals surface area contributed by atoms with Crippen LogP contribution < -0.4 is 0 Å². The zero-order chi connectivity index (χ0) is 32.6. The lowest BCUT2D eigenvalue weighted by Gasteiger charge is -2.46. The van der Waals surface area contributed by atoms with Crippen molar-refractivity contribution < 1.29 is 27.3 Å². The Morgan fingerprint density at radius 3 is 2.24 bits per heavy atom. The van der Waals surface area contributed by atoms with Gasteiger partial charge in [0.2, 0.25) is 0 Å². The van der Waals surface area contributed by atoms with Gasteiger partial charge in [-0.2, -0.15) is 13.2 Å². The smallest absolute Gasteiger partial charge is 0.471 e. The Balaban J connectivity index is 1.49. The molecule has 3 aromatic carbocycles. The Labute approximate surface area is 274 Å². The molecule has 1 unspecified atom stereocenters. The topological polar surface area (TPSA) is 66.9 Å². The maximum atomic E-state index is 13.9. The van der Waals surface area contributed by atoms with Crippen molar-refractivity contribution in [2.24, 2.45) is 0 Å². The second-order valence-electron chi connectivity index (χ2n) is 11.8. The molecule has 2 amide bonds. The first-order valence-corrected chi connectivity index (χ1v) is 16.7. The molecule has 45 heavy (non-hydrogen) atoms. The number of carbonyl (C=O) groups is 2. The zero-order valence-electron chi connectivity index (χ0n) is 24.9. The third kappa shape index (κ3) is 6.58. The molecule has 0 bridgehead atoms. The number of alkyl halides is 3. The summed E-state index contributed by atoms with van der Waals surface area (Å²) in [5, 5.41) is 0.420. The first-order valence-electron chi connectivity index (χ1n) is 14.6. The molecular weight excluding hydrogens is 646 g/mol. The number of benzene rings is 3. The van der Waals surface area contributed by atoms with Crippen LogP contribution in [0.1, 0.15) is 46.3 Å². The maximum absolute atomic E-state index is 13.9. The number of hydrogen-bond donors (Lipinski definition) is 0. The van der Waals surface area contributed by atoms with Crippen LogP contribution in [0.25, 0.3) is 0 Å². The molecule has 5 rings (SSSR count). The number of halogens is 5. The molecule has 240 valence electrons. The van der Waals surface area contributed by atoms with Gasteiger partial charge in [0.05, 0.1) is 15.6 Å². The molecular formula is C33H34Cl2F3N3O3S. The molecule has 0 saturated carbocycles. The van der Waals surface area contributed by atoms with Crippen LogP contribution >= 0.6 is 23.2 Å². The van der Waals surface area contributed by atoms with Crippen LogP contribution in [0.2, 0.25) is 10.0 Å². The van der Waals surface area contributed by atoms with Crippen molar-refractivity contribution in [1.82, 2.24) is 14.7 Å². The fourth-order valence-corrected chi connectivity index (χ4v) is 8.88. The predicted molar refractivity (Wildman–Crippen MR) is 171 cm³/mol. The summed E-state index contributed by atoms with van der Waals surface area (Å²) in [6.45, 7) is 1.18. The number of hydrogen-bond acceptors (Lipinski definition) is 4. The SMILES string of the molecule is CN(C[C@](CCN1CCC2(CC1)c1ccccc1C[S+]2[O-])(c1ccc(Cl)c(Cl)c1)N(C)C(=O)c1ccccc1)C(=O)C(F)(F)F. The molecule has 6 nitrogen and oxygen atoms in total. The van der Waals surface area contributed by atoms with Crippen LogP contribution in [-0.2, 0) is 32.0 Å². The highest BCUT2D eigenvalue weighted by Crippen LogP contribution is 2.49. The maximum Gasteiger partial charge on any atom is 0.471 e.